The summed E-state index contributed by atoms with van der Waals surface area (Å²) in [6.45, 7) is 3.79. The van der Waals surface area contributed by atoms with Crippen LogP contribution in [0.4, 0.5) is 0 Å². The minimum atomic E-state index is -3.32. The van der Waals surface area contributed by atoms with E-state index in [4.69, 9.17) is 0 Å². The minimum Gasteiger partial charge on any atom is -0.218 e. The highest BCUT2D eigenvalue weighted by Gasteiger charge is 2.19. The van der Waals surface area contributed by atoms with Crippen LogP contribution >= 0.6 is 11.3 Å². The Hall–Kier alpha value is -1.13. The topological polar surface area (TPSA) is 34.1 Å². The Balaban J connectivity index is 2.55. The summed E-state index contributed by atoms with van der Waals surface area (Å²) in [5.41, 5.74) is 0.953. The van der Waals surface area contributed by atoms with Gasteiger partial charge in [0.05, 0.1) is 4.90 Å². The molecule has 84 valence electrons. The maximum Gasteiger partial charge on any atom is 0.215 e. The van der Waals surface area contributed by atoms with Gasteiger partial charge in [-0.1, -0.05) is 12.1 Å². The molecule has 4 heteroatoms. The number of benzene rings is 1. The molecule has 2 nitrogen and oxygen atoms in total. The third-order valence-corrected chi connectivity index (χ3v) is 5.52. The molecule has 0 aliphatic rings. The molecule has 0 bridgehead atoms. The molecule has 0 unspecified atom stereocenters. The van der Waals surface area contributed by atoms with E-state index >= 15 is 0 Å². The van der Waals surface area contributed by atoms with Gasteiger partial charge in [-0.2, -0.15) is 0 Å². The highest BCUT2D eigenvalue weighted by molar-refractivity contribution is 7.93. The van der Waals surface area contributed by atoms with Crippen molar-refractivity contribution in [1.29, 1.82) is 0 Å². The van der Waals surface area contributed by atoms with Crippen LogP contribution in [0.15, 0.2) is 45.5 Å². The van der Waals surface area contributed by atoms with E-state index in [2.05, 4.69) is 0 Å². The predicted octanol–water partition coefficient (Wildman–Crippen LogP) is 3.20. The molecule has 2 rings (SSSR count). The minimum absolute atomic E-state index is 0.370. The van der Waals surface area contributed by atoms with E-state index in [9.17, 15) is 8.42 Å². The first-order valence-corrected chi connectivity index (χ1v) is 7.18. The Morgan fingerprint density at radius 3 is 2.38 bits per heavy atom. The Labute approximate surface area is 99.5 Å². The molecule has 0 aliphatic carbocycles. The van der Waals surface area contributed by atoms with Crippen molar-refractivity contribution in [2.45, 2.75) is 23.0 Å². The smallest absolute Gasteiger partial charge is 0.215 e. The zero-order valence-electron chi connectivity index (χ0n) is 9.10. The molecular weight excluding hydrogens is 240 g/mol. The molecule has 0 amide bonds. The molecule has 0 aliphatic heterocycles. The quantitative estimate of drug-likeness (QED) is 0.822. The van der Waals surface area contributed by atoms with Crippen molar-refractivity contribution >= 4 is 21.2 Å². The highest BCUT2D eigenvalue weighted by atomic mass is 32.2. The number of hydrogen-bond acceptors (Lipinski definition) is 3. The monoisotopic (exact) mass is 252 g/mol. The van der Waals surface area contributed by atoms with Gasteiger partial charge < -0.3 is 0 Å². The van der Waals surface area contributed by atoms with Crippen LogP contribution in [0.5, 0.6) is 0 Å². The number of sulfone groups is 1. The summed E-state index contributed by atoms with van der Waals surface area (Å²) in [6.07, 6.45) is 0. The average molecular weight is 252 g/mol. The second kappa shape index (κ2) is 4.03. The molecule has 1 heterocycles. The van der Waals surface area contributed by atoms with Crippen molar-refractivity contribution < 1.29 is 8.42 Å². The van der Waals surface area contributed by atoms with E-state index in [1.165, 1.54) is 11.3 Å². The van der Waals surface area contributed by atoms with Gasteiger partial charge in [0.2, 0.25) is 9.84 Å². The van der Waals surface area contributed by atoms with E-state index in [1.807, 2.05) is 26.0 Å². The van der Waals surface area contributed by atoms with Gasteiger partial charge in [0.15, 0.2) is 0 Å². The van der Waals surface area contributed by atoms with Crippen molar-refractivity contribution in [2.75, 3.05) is 0 Å². The van der Waals surface area contributed by atoms with Crippen molar-refractivity contribution in [3.05, 3.63) is 46.8 Å². The summed E-state index contributed by atoms with van der Waals surface area (Å²) in [4.78, 5) is 1.38. The SMILES string of the molecule is Cc1cccc(S(=O)(=O)c2ccc(C)s2)c1. The fourth-order valence-electron chi connectivity index (χ4n) is 1.46. The lowest BCUT2D eigenvalue weighted by atomic mass is 10.2. The normalized spacial score (nSPS) is 11.6. The van der Waals surface area contributed by atoms with Crippen LogP contribution in [-0.4, -0.2) is 8.42 Å². The highest BCUT2D eigenvalue weighted by Crippen LogP contribution is 2.27. The lowest BCUT2D eigenvalue weighted by molar-refractivity contribution is 0.598. The summed E-state index contributed by atoms with van der Waals surface area (Å²) in [6, 6.07) is 10.5. The lowest BCUT2D eigenvalue weighted by Crippen LogP contribution is -1.99. The Kier molecular flexibility index (Phi) is 2.86. The predicted molar refractivity (Wildman–Crippen MR) is 65.7 cm³/mol. The standard InChI is InChI=1S/C12H12O2S2/c1-9-4-3-5-11(8-9)16(13,14)12-7-6-10(2)15-12/h3-8H,1-2H3. The van der Waals surface area contributed by atoms with Crippen molar-refractivity contribution in [2.24, 2.45) is 0 Å². The molecule has 2 aromatic rings. The number of rotatable bonds is 2. The van der Waals surface area contributed by atoms with Crippen LogP contribution in [0, 0.1) is 13.8 Å². The van der Waals surface area contributed by atoms with Gasteiger partial charge in [0.1, 0.15) is 4.21 Å². The van der Waals surface area contributed by atoms with Gasteiger partial charge in [-0.3, -0.25) is 0 Å². The van der Waals surface area contributed by atoms with Crippen LogP contribution < -0.4 is 0 Å². The van der Waals surface area contributed by atoms with E-state index < -0.39 is 9.84 Å². The Morgan fingerprint density at radius 1 is 1.06 bits per heavy atom. The summed E-state index contributed by atoms with van der Waals surface area (Å²) < 4.78 is 24.8. The lowest BCUT2D eigenvalue weighted by Gasteiger charge is -2.02. The number of hydrogen-bond donors (Lipinski definition) is 0. The van der Waals surface area contributed by atoms with Crippen LogP contribution in [0.25, 0.3) is 0 Å². The number of thiophene rings is 1. The average Bonchev–Trinajstić information content (AvgIpc) is 2.65. The van der Waals surface area contributed by atoms with Gasteiger partial charge in [-0.05, 0) is 43.7 Å². The van der Waals surface area contributed by atoms with E-state index in [0.29, 0.717) is 9.10 Å². The fourth-order valence-corrected chi connectivity index (χ4v) is 4.24. The molecule has 0 N–H and O–H groups in total. The maximum atomic E-state index is 12.2. The summed E-state index contributed by atoms with van der Waals surface area (Å²) in [5, 5.41) is 0. The molecule has 0 radical (unpaired) electrons. The van der Waals surface area contributed by atoms with Gasteiger partial charge in [0, 0.05) is 4.88 Å². The second-order valence-corrected chi connectivity index (χ2v) is 7.15. The van der Waals surface area contributed by atoms with Crippen LogP contribution in [-0.2, 0) is 9.84 Å². The summed E-state index contributed by atoms with van der Waals surface area (Å²) in [5.74, 6) is 0. The Bertz CT molecular complexity index is 609. The molecule has 0 atom stereocenters. The first-order chi connectivity index (χ1) is 7.50. The summed E-state index contributed by atoms with van der Waals surface area (Å²) >= 11 is 1.31. The van der Waals surface area contributed by atoms with E-state index in [1.54, 1.807) is 24.3 Å². The molecule has 1 aromatic carbocycles. The van der Waals surface area contributed by atoms with Gasteiger partial charge >= 0.3 is 0 Å². The van der Waals surface area contributed by atoms with Crippen molar-refractivity contribution in [1.82, 2.24) is 0 Å². The third-order valence-electron chi connectivity index (χ3n) is 2.28. The molecular formula is C12H12O2S2. The molecule has 0 saturated carbocycles. The third kappa shape index (κ3) is 2.03. The van der Waals surface area contributed by atoms with Crippen molar-refractivity contribution in [3.8, 4) is 0 Å². The van der Waals surface area contributed by atoms with E-state index in [-0.39, 0.29) is 0 Å². The van der Waals surface area contributed by atoms with Crippen molar-refractivity contribution in [3.63, 3.8) is 0 Å². The van der Waals surface area contributed by atoms with Gasteiger partial charge in [-0.15, -0.1) is 11.3 Å². The van der Waals surface area contributed by atoms with Gasteiger partial charge in [-0.25, -0.2) is 8.42 Å². The first-order valence-electron chi connectivity index (χ1n) is 4.88. The molecule has 0 fully saturated rings. The largest absolute Gasteiger partial charge is 0.218 e. The molecule has 0 spiro atoms. The summed E-state index contributed by atoms with van der Waals surface area (Å²) in [7, 11) is -3.32. The number of aryl methyl sites for hydroxylation is 2. The first kappa shape index (κ1) is 11.4. The van der Waals surface area contributed by atoms with Crippen LogP contribution in [0.3, 0.4) is 0 Å². The van der Waals surface area contributed by atoms with Crippen LogP contribution in [0.1, 0.15) is 10.4 Å². The maximum absolute atomic E-state index is 12.2. The zero-order valence-corrected chi connectivity index (χ0v) is 10.7. The fraction of sp³-hybridized carbons (Fsp3) is 0.167. The van der Waals surface area contributed by atoms with E-state index in [0.717, 1.165) is 10.4 Å². The molecule has 0 saturated heterocycles. The zero-order chi connectivity index (χ0) is 11.8. The van der Waals surface area contributed by atoms with Gasteiger partial charge in [0.25, 0.3) is 0 Å². The molecule has 1 aromatic heterocycles. The van der Waals surface area contributed by atoms with Crippen LogP contribution in [0.2, 0.25) is 0 Å². The Morgan fingerprint density at radius 2 is 1.81 bits per heavy atom. The molecule has 16 heavy (non-hydrogen) atoms. The second-order valence-electron chi connectivity index (χ2n) is 3.69.